The van der Waals surface area contributed by atoms with Gasteiger partial charge in [-0.3, -0.25) is 4.90 Å². The molecule has 1 aliphatic heterocycles. The number of aryl methyl sites for hydroxylation is 1. The number of rotatable bonds is 4. The highest BCUT2D eigenvalue weighted by molar-refractivity contribution is 5.41. The van der Waals surface area contributed by atoms with Gasteiger partial charge in [-0.1, -0.05) is 25.1 Å². The first kappa shape index (κ1) is 13.4. The molecule has 0 N–H and O–H groups in total. The molecular formula is C15H24N2O. The van der Waals surface area contributed by atoms with Crippen molar-refractivity contribution >= 4 is 0 Å². The summed E-state index contributed by atoms with van der Waals surface area (Å²) in [5, 5.41) is 0. The van der Waals surface area contributed by atoms with Crippen molar-refractivity contribution in [1.82, 2.24) is 9.80 Å². The summed E-state index contributed by atoms with van der Waals surface area (Å²) in [6.07, 6.45) is 1.03. The number of nitrogens with zero attached hydrogens (tertiary/aromatic N) is 2. The fourth-order valence-corrected chi connectivity index (χ4v) is 2.55. The van der Waals surface area contributed by atoms with Crippen LogP contribution in [0.4, 0.5) is 0 Å². The van der Waals surface area contributed by atoms with Gasteiger partial charge in [-0.05, 0) is 19.0 Å². The highest BCUT2D eigenvalue weighted by atomic mass is 16.5. The van der Waals surface area contributed by atoms with E-state index in [9.17, 15) is 0 Å². The highest BCUT2D eigenvalue weighted by Gasteiger charge is 2.16. The summed E-state index contributed by atoms with van der Waals surface area (Å²) in [7, 11) is 3.97. The van der Waals surface area contributed by atoms with E-state index in [4.69, 9.17) is 4.74 Å². The largest absolute Gasteiger partial charge is 0.496 e. The number of hydrogen-bond donors (Lipinski definition) is 0. The number of para-hydroxylation sites is 1. The standard InChI is InChI=1S/C15H24N2O/c1-4-13-6-5-7-14(15(13)18-3)12-17-10-8-16(2)9-11-17/h5-7H,4,8-12H2,1-3H3. The van der Waals surface area contributed by atoms with Gasteiger partial charge in [0, 0.05) is 38.3 Å². The molecule has 0 aliphatic carbocycles. The van der Waals surface area contributed by atoms with Gasteiger partial charge in [-0.2, -0.15) is 0 Å². The molecule has 1 saturated heterocycles. The number of hydrogen-bond acceptors (Lipinski definition) is 3. The Morgan fingerprint density at radius 2 is 1.78 bits per heavy atom. The maximum atomic E-state index is 5.59. The molecule has 0 aromatic heterocycles. The molecule has 1 aromatic rings. The number of methoxy groups -OCH3 is 1. The molecule has 0 amide bonds. The van der Waals surface area contributed by atoms with Crippen molar-refractivity contribution < 1.29 is 4.74 Å². The summed E-state index contributed by atoms with van der Waals surface area (Å²) in [6.45, 7) is 7.81. The van der Waals surface area contributed by atoms with Crippen molar-refractivity contribution in [1.29, 1.82) is 0 Å². The zero-order valence-electron chi connectivity index (χ0n) is 11.8. The van der Waals surface area contributed by atoms with Crippen LogP contribution in [-0.4, -0.2) is 50.1 Å². The van der Waals surface area contributed by atoms with Crippen LogP contribution in [0.15, 0.2) is 18.2 Å². The summed E-state index contributed by atoms with van der Waals surface area (Å²) in [4.78, 5) is 4.90. The van der Waals surface area contributed by atoms with Crippen LogP contribution in [0, 0.1) is 0 Å². The molecule has 18 heavy (non-hydrogen) atoms. The molecule has 1 aliphatic rings. The summed E-state index contributed by atoms with van der Waals surface area (Å²) >= 11 is 0. The molecule has 2 rings (SSSR count). The van der Waals surface area contributed by atoms with Gasteiger partial charge in [0.1, 0.15) is 5.75 Å². The second-order valence-corrected chi connectivity index (χ2v) is 5.04. The van der Waals surface area contributed by atoms with Gasteiger partial charge >= 0.3 is 0 Å². The van der Waals surface area contributed by atoms with Crippen LogP contribution in [0.1, 0.15) is 18.1 Å². The van der Waals surface area contributed by atoms with Crippen molar-refractivity contribution in [3.8, 4) is 5.75 Å². The highest BCUT2D eigenvalue weighted by Crippen LogP contribution is 2.25. The van der Waals surface area contributed by atoms with Crippen molar-refractivity contribution in [2.45, 2.75) is 19.9 Å². The van der Waals surface area contributed by atoms with Gasteiger partial charge in [0.05, 0.1) is 7.11 Å². The minimum atomic E-state index is 1.00. The lowest BCUT2D eigenvalue weighted by Crippen LogP contribution is -2.43. The first-order chi connectivity index (χ1) is 8.74. The Labute approximate surface area is 110 Å². The van der Waals surface area contributed by atoms with E-state index in [-0.39, 0.29) is 0 Å². The Hall–Kier alpha value is -1.06. The lowest BCUT2D eigenvalue weighted by Gasteiger charge is -2.32. The zero-order valence-corrected chi connectivity index (χ0v) is 11.8. The third-order valence-electron chi connectivity index (χ3n) is 3.75. The van der Waals surface area contributed by atoms with Crippen LogP contribution >= 0.6 is 0 Å². The first-order valence-corrected chi connectivity index (χ1v) is 6.80. The normalized spacial score (nSPS) is 17.9. The second kappa shape index (κ2) is 6.21. The van der Waals surface area contributed by atoms with Crippen molar-refractivity contribution in [2.75, 3.05) is 40.3 Å². The van der Waals surface area contributed by atoms with E-state index < -0.39 is 0 Å². The maximum Gasteiger partial charge on any atom is 0.126 e. The van der Waals surface area contributed by atoms with E-state index >= 15 is 0 Å². The lowest BCUT2D eigenvalue weighted by molar-refractivity contribution is 0.147. The van der Waals surface area contributed by atoms with E-state index in [0.717, 1.165) is 44.9 Å². The molecule has 100 valence electrons. The molecule has 1 heterocycles. The molecule has 0 saturated carbocycles. The van der Waals surface area contributed by atoms with Gasteiger partial charge in [0.2, 0.25) is 0 Å². The van der Waals surface area contributed by atoms with Gasteiger partial charge in [0.15, 0.2) is 0 Å². The van der Waals surface area contributed by atoms with Crippen LogP contribution < -0.4 is 4.74 Å². The predicted molar refractivity (Wildman–Crippen MR) is 75.1 cm³/mol. The van der Waals surface area contributed by atoms with Crippen LogP contribution in [0.3, 0.4) is 0 Å². The minimum absolute atomic E-state index is 1.00. The van der Waals surface area contributed by atoms with Crippen molar-refractivity contribution in [3.05, 3.63) is 29.3 Å². The van der Waals surface area contributed by atoms with Gasteiger partial charge in [-0.15, -0.1) is 0 Å². The number of piperazine rings is 1. The predicted octanol–water partition coefficient (Wildman–Crippen LogP) is 2.00. The third kappa shape index (κ3) is 3.03. The average molecular weight is 248 g/mol. The first-order valence-electron chi connectivity index (χ1n) is 6.80. The number of ether oxygens (including phenoxy) is 1. The monoisotopic (exact) mass is 248 g/mol. The fourth-order valence-electron chi connectivity index (χ4n) is 2.55. The fraction of sp³-hybridized carbons (Fsp3) is 0.600. The molecule has 0 unspecified atom stereocenters. The second-order valence-electron chi connectivity index (χ2n) is 5.04. The Balaban J connectivity index is 2.09. The van der Waals surface area contributed by atoms with E-state index in [1.54, 1.807) is 7.11 Å². The Morgan fingerprint density at radius 1 is 1.11 bits per heavy atom. The van der Waals surface area contributed by atoms with Crippen molar-refractivity contribution in [3.63, 3.8) is 0 Å². The quantitative estimate of drug-likeness (QED) is 0.810. The third-order valence-corrected chi connectivity index (χ3v) is 3.75. The van der Waals surface area contributed by atoms with Crippen LogP contribution in [0.2, 0.25) is 0 Å². The molecule has 1 aromatic carbocycles. The minimum Gasteiger partial charge on any atom is -0.496 e. The molecule has 3 heteroatoms. The van der Waals surface area contributed by atoms with Crippen LogP contribution in [0.5, 0.6) is 5.75 Å². The summed E-state index contributed by atoms with van der Waals surface area (Å²) in [5.74, 6) is 1.08. The zero-order chi connectivity index (χ0) is 13.0. The van der Waals surface area contributed by atoms with Gasteiger partial charge < -0.3 is 9.64 Å². The SMILES string of the molecule is CCc1cccc(CN2CCN(C)CC2)c1OC. The molecule has 0 radical (unpaired) electrons. The summed E-state index contributed by atoms with van der Waals surface area (Å²) in [5.41, 5.74) is 2.63. The molecule has 3 nitrogen and oxygen atoms in total. The summed E-state index contributed by atoms with van der Waals surface area (Å²) in [6, 6.07) is 6.50. The Kier molecular flexibility index (Phi) is 4.61. The van der Waals surface area contributed by atoms with Gasteiger partial charge in [-0.25, -0.2) is 0 Å². The smallest absolute Gasteiger partial charge is 0.126 e. The van der Waals surface area contributed by atoms with E-state index in [2.05, 4.69) is 42.0 Å². The number of likely N-dealkylation sites (N-methyl/N-ethyl adjacent to an activating group) is 1. The van der Waals surface area contributed by atoms with Crippen LogP contribution in [-0.2, 0) is 13.0 Å². The molecule has 0 spiro atoms. The van der Waals surface area contributed by atoms with E-state index in [1.165, 1.54) is 11.1 Å². The molecule has 1 fully saturated rings. The topological polar surface area (TPSA) is 15.7 Å². The van der Waals surface area contributed by atoms with E-state index in [0.29, 0.717) is 0 Å². The average Bonchev–Trinajstić information content (AvgIpc) is 2.41. The molecule has 0 atom stereocenters. The van der Waals surface area contributed by atoms with E-state index in [1.807, 2.05) is 0 Å². The maximum absolute atomic E-state index is 5.59. The van der Waals surface area contributed by atoms with Crippen molar-refractivity contribution in [2.24, 2.45) is 0 Å². The summed E-state index contributed by atoms with van der Waals surface area (Å²) < 4.78 is 5.59. The van der Waals surface area contributed by atoms with Gasteiger partial charge in [0.25, 0.3) is 0 Å². The Morgan fingerprint density at radius 3 is 2.39 bits per heavy atom. The molecule has 0 bridgehead atoms. The van der Waals surface area contributed by atoms with Crippen LogP contribution in [0.25, 0.3) is 0 Å². The number of benzene rings is 1. The Bertz CT molecular complexity index is 384. The lowest BCUT2D eigenvalue weighted by atomic mass is 10.1. The molecular weight excluding hydrogens is 224 g/mol.